The average molecular weight is 281 g/mol. The largest absolute Gasteiger partial charge is 0.337 e. The maximum Gasteiger partial charge on any atom is 0.244 e. The van der Waals surface area contributed by atoms with Gasteiger partial charge in [0.25, 0.3) is 0 Å². The second-order valence-electron chi connectivity index (χ2n) is 4.74. The number of benzene rings is 1. The van der Waals surface area contributed by atoms with Crippen LogP contribution in [0.15, 0.2) is 47.1 Å². The van der Waals surface area contributed by atoms with Crippen molar-refractivity contribution in [1.29, 1.82) is 0 Å². The monoisotopic (exact) mass is 281 g/mol. The van der Waals surface area contributed by atoms with Gasteiger partial charge in [-0.15, -0.1) is 0 Å². The highest BCUT2D eigenvalue weighted by molar-refractivity contribution is 5.47. The van der Waals surface area contributed by atoms with Crippen LogP contribution in [-0.2, 0) is 6.42 Å². The van der Waals surface area contributed by atoms with Crippen LogP contribution < -0.4 is 5.73 Å². The van der Waals surface area contributed by atoms with Crippen molar-refractivity contribution < 1.29 is 4.52 Å². The van der Waals surface area contributed by atoms with Crippen molar-refractivity contribution in [3.05, 3.63) is 59.9 Å². The van der Waals surface area contributed by atoms with E-state index < -0.39 is 0 Å². The minimum absolute atomic E-state index is 0.336. The summed E-state index contributed by atoms with van der Waals surface area (Å²) >= 11 is 0. The Kier molecular flexibility index (Phi) is 3.70. The topological polar surface area (TPSA) is 90.7 Å². The lowest BCUT2D eigenvalue weighted by molar-refractivity contribution is 0.354. The van der Waals surface area contributed by atoms with E-state index in [4.69, 9.17) is 10.3 Å². The molecule has 3 aromatic rings. The molecule has 2 aromatic heterocycles. The molecule has 1 atom stereocenters. The third kappa shape index (κ3) is 3.11. The van der Waals surface area contributed by atoms with E-state index in [0.717, 1.165) is 5.56 Å². The average Bonchev–Trinajstić information content (AvgIpc) is 2.98. The van der Waals surface area contributed by atoms with E-state index in [1.54, 1.807) is 12.3 Å². The Morgan fingerprint density at radius 3 is 2.71 bits per heavy atom. The fourth-order valence-corrected chi connectivity index (χ4v) is 2.03. The molecule has 3 rings (SSSR count). The maximum atomic E-state index is 6.12. The van der Waals surface area contributed by atoms with Crippen LogP contribution in [0.2, 0.25) is 0 Å². The highest BCUT2D eigenvalue weighted by Crippen LogP contribution is 2.18. The molecule has 0 amide bonds. The van der Waals surface area contributed by atoms with Gasteiger partial charge < -0.3 is 10.3 Å². The first-order valence-corrected chi connectivity index (χ1v) is 6.65. The summed E-state index contributed by atoms with van der Waals surface area (Å²) in [6.45, 7) is 1.81. The van der Waals surface area contributed by atoms with Crippen LogP contribution in [0.25, 0.3) is 11.5 Å². The van der Waals surface area contributed by atoms with E-state index >= 15 is 0 Å². The van der Waals surface area contributed by atoms with Crippen LogP contribution in [0.5, 0.6) is 0 Å². The van der Waals surface area contributed by atoms with Crippen molar-refractivity contribution in [3.63, 3.8) is 0 Å². The molecule has 6 nitrogen and oxygen atoms in total. The summed E-state index contributed by atoms with van der Waals surface area (Å²) in [4.78, 5) is 12.6. The summed E-state index contributed by atoms with van der Waals surface area (Å²) in [5.41, 5.74) is 7.88. The molecule has 0 saturated heterocycles. The zero-order valence-electron chi connectivity index (χ0n) is 11.6. The zero-order valence-corrected chi connectivity index (χ0v) is 11.6. The van der Waals surface area contributed by atoms with Gasteiger partial charge in [-0.2, -0.15) is 4.98 Å². The number of rotatable bonds is 4. The van der Waals surface area contributed by atoms with Crippen LogP contribution in [0.4, 0.5) is 0 Å². The second kappa shape index (κ2) is 5.80. The zero-order chi connectivity index (χ0) is 14.7. The van der Waals surface area contributed by atoms with Gasteiger partial charge in [-0.25, -0.2) is 9.97 Å². The van der Waals surface area contributed by atoms with Gasteiger partial charge in [-0.05, 0) is 25.0 Å². The van der Waals surface area contributed by atoms with E-state index in [2.05, 4.69) is 20.1 Å². The third-order valence-corrected chi connectivity index (χ3v) is 3.06. The van der Waals surface area contributed by atoms with Crippen LogP contribution in [0, 0.1) is 6.92 Å². The van der Waals surface area contributed by atoms with E-state index in [1.165, 1.54) is 0 Å². The van der Waals surface area contributed by atoms with Gasteiger partial charge in [-0.1, -0.05) is 35.5 Å². The lowest BCUT2D eigenvalue weighted by atomic mass is 10.1. The minimum atomic E-state index is -0.336. The normalized spacial score (nSPS) is 12.3. The molecular formula is C15H15N5O. The Balaban J connectivity index is 1.78. The molecular weight excluding hydrogens is 266 g/mol. The third-order valence-electron chi connectivity index (χ3n) is 3.06. The number of aromatic nitrogens is 4. The molecule has 0 aliphatic carbocycles. The first-order chi connectivity index (χ1) is 10.2. The molecule has 0 unspecified atom stereocenters. The van der Waals surface area contributed by atoms with Gasteiger partial charge in [0.1, 0.15) is 11.5 Å². The van der Waals surface area contributed by atoms with Gasteiger partial charge in [0.05, 0.1) is 6.04 Å². The molecule has 0 aliphatic rings. The SMILES string of the molecule is Cc1nccc(-c2noc([C@H](N)Cc3ccccc3)n2)n1. The molecule has 0 fully saturated rings. The second-order valence-corrected chi connectivity index (χ2v) is 4.74. The van der Waals surface area contributed by atoms with Crippen molar-refractivity contribution in [1.82, 2.24) is 20.1 Å². The summed E-state index contributed by atoms with van der Waals surface area (Å²) in [6.07, 6.45) is 2.31. The van der Waals surface area contributed by atoms with Crippen molar-refractivity contribution in [2.24, 2.45) is 5.73 Å². The van der Waals surface area contributed by atoms with Gasteiger partial charge in [0.15, 0.2) is 0 Å². The Labute approximate surface area is 122 Å². The van der Waals surface area contributed by atoms with Gasteiger partial charge in [0.2, 0.25) is 11.7 Å². The van der Waals surface area contributed by atoms with E-state index in [1.807, 2.05) is 37.3 Å². The molecule has 21 heavy (non-hydrogen) atoms. The maximum absolute atomic E-state index is 6.12. The number of nitrogens with zero attached hydrogens (tertiary/aromatic N) is 4. The van der Waals surface area contributed by atoms with Crippen molar-refractivity contribution in [2.75, 3.05) is 0 Å². The Bertz CT molecular complexity index is 726. The van der Waals surface area contributed by atoms with Gasteiger partial charge in [0, 0.05) is 6.20 Å². The van der Waals surface area contributed by atoms with Crippen LogP contribution in [-0.4, -0.2) is 20.1 Å². The van der Waals surface area contributed by atoms with Crippen molar-refractivity contribution in [3.8, 4) is 11.5 Å². The molecule has 2 heterocycles. The van der Waals surface area contributed by atoms with E-state index in [0.29, 0.717) is 29.7 Å². The Morgan fingerprint density at radius 2 is 1.95 bits per heavy atom. The fourth-order valence-electron chi connectivity index (χ4n) is 2.03. The predicted molar refractivity (Wildman–Crippen MR) is 77.1 cm³/mol. The smallest absolute Gasteiger partial charge is 0.244 e. The summed E-state index contributed by atoms with van der Waals surface area (Å²) in [7, 11) is 0. The van der Waals surface area contributed by atoms with Crippen LogP contribution >= 0.6 is 0 Å². The van der Waals surface area contributed by atoms with Gasteiger partial charge >= 0.3 is 0 Å². The Morgan fingerprint density at radius 1 is 1.14 bits per heavy atom. The van der Waals surface area contributed by atoms with E-state index in [-0.39, 0.29) is 6.04 Å². The van der Waals surface area contributed by atoms with Gasteiger partial charge in [-0.3, -0.25) is 0 Å². The van der Waals surface area contributed by atoms with Crippen LogP contribution in [0.3, 0.4) is 0 Å². The standard InChI is InChI=1S/C15H15N5O/c1-10-17-8-7-13(18-10)14-19-15(21-20-14)12(16)9-11-5-3-2-4-6-11/h2-8,12H,9,16H2,1H3/t12-/m1/s1. The predicted octanol–water partition coefficient (Wildman–Crippen LogP) is 2.08. The van der Waals surface area contributed by atoms with Crippen LogP contribution in [0.1, 0.15) is 23.3 Å². The van der Waals surface area contributed by atoms with Crippen molar-refractivity contribution in [2.45, 2.75) is 19.4 Å². The minimum Gasteiger partial charge on any atom is -0.337 e. The molecule has 0 saturated carbocycles. The Hall–Kier alpha value is -2.60. The summed E-state index contributed by atoms with van der Waals surface area (Å²) in [6, 6.07) is 11.4. The first kappa shape index (κ1) is 13.4. The number of aryl methyl sites for hydroxylation is 1. The van der Waals surface area contributed by atoms with E-state index in [9.17, 15) is 0 Å². The lowest BCUT2D eigenvalue weighted by Gasteiger charge is -2.05. The summed E-state index contributed by atoms with van der Waals surface area (Å²) < 4.78 is 5.25. The molecule has 106 valence electrons. The molecule has 1 aromatic carbocycles. The summed E-state index contributed by atoms with van der Waals surface area (Å²) in [5.74, 6) is 1.50. The molecule has 2 N–H and O–H groups in total. The highest BCUT2D eigenvalue weighted by atomic mass is 16.5. The first-order valence-electron chi connectivity index (χ1n) is 6.65. The summed E-state index contributed by atoms with van der Waals surface area (Å²) in [5, 5.41) is 3.93. The van der Waals surface area contributed by atoms with Crippen molar-refractivity contribution >= 4 is 0 Å². The lowest BCUT2D eigenvalue weighted by Crippen LogP contribution is -2.13. The molecule has 0 radical (unpaired) electrons. The fraction of sp³-hybridized carbons (Fsp3) is 0.200. The molecule has 0 spiro atoms. The number of hydrogen-bond donors (Lipinski definition) is 1. The highest BCUT2D eigenvalue weighted by Gasteiger charge is 2.16. The molecule has 0 bridgehead atoms. The number of nitrogens with two attached hydrogens (primary N) is 1. The quantitative estimate of drug-likeness (QED) is 0.787. The number of hydrogen-bond acceptors (Lipinski definition) is 6. The molecule has 0 aliphatic heterocycles. The molecule has 6 heteroatoms.